The summed E-state index contributed by atoms with van der Waals surface area (Å²) in [6, 6.07) is 2.15. The first-order chi connectivity index (χ1) is 6.97. The van der Waals surface area contributed by atoms with Gasteiger partial charge in [-0.3, -0.25) is 0 Å². The Bertz CT molecular complexity index is 421. The van der Waals surface area contributed by atoms with E-state index in [0.29, 0.717) is 0 Å². The molecule has 1 aromatic carbocycles. The van der Waals surface area contributed by atoms with E-state index in [0.717, 1.165) is 10.6 Å². The van der Waals surface area contributed by atoms with Crippen molar-refractivity contribution in [1.82, 2.24) is 0 Å². The van der Waals surface area contributed by atoms with Gasteiger partial charge < -0.3 is 0 Å². The maximum Gasteiger partial charge on any atom is 0.0156 e. The number of allylic oxidation sites excluding steroid dienone is 1. The smallest absolute Gasteiger partial charge is 0.0156 e. The van der Waals surface area contributed by atoms with Crippen molar-refractivity contribution in [3.8, 4) is 0 Å². The molecule has 1 rings (SSSR count). The molecule has 0 aromatic heterocycles. The van der Waals surface area contributed by atoms with Crippen molar-refractivity contribution in [2.75, 3.05) is 0 Å². The standard InChI is InChI=1S/C14H17Cl/c1-6-13-7-9(2)11(4)12(5)14(13)8-10(3)15/h6-8H,1H2,2-5H3/b10-8+. The van der Waals surface area contributed by atoms with Crippen LogP contribution in [0.15, 0.2) is 17.7 Å². The van der Waals surface area contributed by atoms with Crippen LogP contribution in [-0.4, -0.2) is 0 Å². The summed E-state index contributed by atoms with van der Waals surface area (Å²) >= 11 is 5.93. The highest BCUT2D eigenvalue weighted by atomic mass is 35.5. The minimum atomic E-state index is 0.796. The van der Waals surface area contributed by atoms with E-state index in [2.05, 4.69) is 33.4 Å². The topological polar surface area (TPSA) is 0 Å². The maximum absolute atomic E-state index is 5.93. The molecule has 0 unspecified atom stereocenters. The molecule has 0 saturated heterocycles. The number of benzene rings is 1. The van der Waals surface area contributed by atoms with Crippen LogP contribution in [0.5, 0.6) is 0 Å². The Balaban J connectivity index is 3.54. The van der Waals surface area contributed by atoms with E-state index in [1.807, 2.05) is 19.1 Å². The van der Waals surface area contributed by atoms with Gasteiger partial charge in [0.25, 0.3) is 0 Å². The average molecular weight is 221 g/mol. The fraction of sp³-hybridized carbons (Fsp3) is 0.286. The molecule has 0 aliphatic carbocycles. The summed E-state index contributed by atoms with van der Waals surface area (Å²) in [5.74, 6) is 0. The molecule has 1 aromatic rings. The molecule has 0 radical (unpaired) electrons. The third-order valence-electron chi connectivity index (χ3n) is 2.80. The molecule has 0 N–H and O–H groups in total. The van der Waals surface area contributed by atoms with Crippen molar-refractivity contribution in [3.05, 3.63) is 45.5 Å². The molecule has 0 heterocycles. The van der Waals surface area contributed by atoms with Crippen molar-refractivity contribution in [3.63, 3.8) is 0 Å². The molecule has 0 amide bonds. The van der Waals surface area contributed by atoms with Crippen LogP contribution in [0, 0.1) is 20.8 Å². The molecule has 0 atom stereocenters. The molecule has 0 spiro atoms. The van der Waals surface area contributed by atoms with Gasteiger partial charge in [-0.25, -0.2) is 0 Å². The number of rotatable bonds is 2. The van der Waals surface area contributed by atoms with Crippen molar-refractivity contribution in [2.24, 2.45) is 0 Å². The third-order valence-corrected chi connectivity index (χ3v) is 2.91. The second-order valence-electron chi connectivity index (χ2n) is 3.88. The molecule has 15 heavy (non-hydrogen) atoms. The van der Waals surface area contributed by atoms with Crippen LogP contribution < -0.4 is 0 Å². The summed E-state index contributed by atoms with van der Waals surface area (Å²) in [6.45, 7) is 12.1. The largest absolute Gasteiger partial charge is 0.0984 e. The summed E-state index contributed by atoms with van der Waals surface area (Å²) in [5.41, 5.74) is 6.23. The summed E-state index contributed by atoms with van der Waals surface area (Å²) in [7, 11) is 0. The second kappa shape index (κ2) is 4.67. The lowest BCUT2D eigenvalue weighted by molar-refractivity contribution is 1.25. The van der Waals surface area contributed by atoms with Crippen LogP contribution in [0.1, 0.15) is 34.7 Å². The van der Waals surface area contributed by atoms with E-state index < -0.39 is 0 Å². The maximum atomic E-state index is 5.93. The van der Waals surface area contributed by atoms with Crippen LogP contribution in [0.3, 0.4) is 0 Å². The minimum Gasteiger partial charge on any atom is -0.0984 e. The van der Waals surface area contributed by atoms with Crippen LogP contribution in [-0.2, 0) is 0 Å². The van der Waals surface area contributed by atoms with Gasteiger partial charge in [-0.05, 0) is 61.6 Å². The minimum absolute atomic E-state index is 0.796. The van der Waals surface area contributed by atoms with Gasteiger partial charge >= 0.3 is 0 Å². The van der Waals surface area contributed by atoms with Gasteiger partial charge in [0.1, 0.15) is 0 Å². The van der Waals surface area contributed by atoms with Crippen molar-refractivity contribution < 1.29 is 0 Å². The van der Waals surface area contributed by atoms with Crippen LogP contribution >= 0.6 is 11.6 Å². The van der Waals surface area contributed by atoms with Gasteiger partial charge in [-0.15, -0.1) is 0 Å². The van der Waals surface area contributed by atoms with E-state index in [4.69, 9.17) is 11.6 Å². The monoisotopic (exact) mass is 220 g/mol. The highest BCUT2D eigenvalue weighted by Gasteiger charge is 2.06. The molecule has 0 aliphatic rings. The zero-order valence-electron chi connectivity index (χ0n) is 9.82. The molecular formula is C14H17Cl. The summed E-state index contributed by atoms with van der Waals surface area (Å²) in [6.07, 6.45) is 3.88. The van der Waals surface area contributed by atoms with Gasteiger partial charge in [-0.2, -0.15) is 0 Å². The van der Waals surface area contributed by atoms with Gasteiger partial charge in [0.15, 0.2) is 0 Å². The lowest BCUT2D eigenvalue weighted by Crippen LogP contribution is -1.94. The zero-order valence-corrected chi connectivity index (χ0v) is 10.6. The Kier molecular flexibility index (Phi) is 3.76. The van der Waals surface area contributed by atoms with Crippen molar-refractivity contribution in [2.45, 2.75) is 27.7 Å². The predicted octanol–water partition coefficient (Wildman–Crippen LogP) is 4.85. The Morgan fingerprint density at radius 3 is 2.33 bits per heavy atom. The molecule has 0 saturated carbocycles. The lowest BCUT2D eigenvalue weighted by atomic mass is 9.93. The van der Waals surface area contributed by atoms with E-state index in [-0.39, 0.29) is 0 Å². The fourth-order valence-electron chi connectivity index (χ4n) is 1.69. The third kappa shape index (κ3) is 2.51. The Labute approximate surface area is 97.3 Å². The van der Waals surface area contributed by atoms with Gasteiger partial charge in [0, 0.05) is 5.03 Å². The molecule has 80 valence electrons. The van der Waals surface area contributed by atoms with Crippen LogP contribution in [0.25, 0.3) is 12.2 Å². The quantitative estimate of drug-likeness (QED) is 0.668. The van der Waals surface area contributed by atoms with Gasteiger partial charge in [0.2, 0.25) is 0 Å². The Morgan fingerprint density at radius 1 is 1.27 bits per heavy atom. The van der Waals surface area contributed by atoms with E-state index in [1.165, 1.54) is 22.3 Å². The molecule has 0 nitrogen and oxygen atoms in total. The fourth-order valence-corrected chi connectivity index (χ4v) is 1.80. The Hall–Kier alpha value is -1.01. The van der Waals surface area contributed by atoms with E-state index in [9.17, 15) is 0 Å². The Morgan fingerprint density at radius 2 is 1.87 bits per heavy atom. The number of aryl methyl sites for hydroxylation is 1. The van der Waals surface area contributed by atoms with Crippen LogP contribution in [0.2, 0.25) is 0 Å². The van der Waals surface area contributed by atoms with E-state index >= 15 is 0 Å². The van der Waals surface area contributed by atoms with Crippen LogP contribution in [0.4, 0.5) is 0 Å². The first kappa shape index (κ1) is 12.1. The first-order valence-corrected chi connectivity index (χ1v) is 5.42. The van der Waals surface area contributed by atoms with E-state index in [1.54, 1.807) is 0 Å². The number of hydrogen-bond donors (Lipinski definition) is 0. The molecular weight excluding hydrogens is 204 g/mol. The second-order valence-corrected chi connectivity index (χ2v) is 4.48. The van der Waals surface area contributed by atoms with Gasteiger partial charge in [-0.1, -0.05) is 30.3 Å². The molecule has 0 bridgehead atoms. The average Bonchev–Trinajstić information content (AvgIpc) is 2.18. The first-order valence-electron chi connectivity index (χ1n) is 5.04. The summed E-state index contributed by atoms with van der Waals surface area (Å²) in [4.78, 5) is 0. The lowest BCUT2D eigenvalue weighted by Gasteiger charge is -2.12. The number of hydrogen-bond acceptors (Lipinski definition) is 0. The zero-order chi connectivity index (χ0) is 11.6. The summed E-state index contributed by atoms with van der Waals surface area (Å²) in [5, 5.41) is 0.796. The molecule has 1 heteroatoms. The highest BCUT2D eigenvalue weighted by Crippen LogP contribution is 2.25. The normalized spacial score (nSPS) is 11.7. The number of halogens is 1. The molecule has 0 fully saturated rings. The predicted molar refractivity (Wildman–Crippen MR) is 70.2 cm³/mol. The SMILES string of the molecule is C=Cc1cc(C)c(C)c(C)c1/C=C(\C)Cl. The van der Waals surface area contributed by atoms with Crippen molar-refractivity contribution >= 4 is 23.8 Å². The summed E-state index contributed by atoms with van der Waals surface area (Å²) < 4.78 is 0. The molecule has 0 aliphatic heterocycles. The van der Waals surface area contributed by atoms with Crippen molar-refractivity contribution in [1.29, 1.82) is 0 Å². The highest BCUT2D eigenvalue weighted by molar-refractivity contribution is 6.31. The van der Waals surface area contributed by atoms with Gasteiger partial charge in [0.05, 0.1) is 0 Å².